The van der Waals surface area contributed by atoms with E-state index in [1.165, 1.54) is 10.7 Å². The van der Waals surface area contributed by atoms with Gasteiger partial charge in [0.15, 0.2) is 0 Å². The van der Waals surface area contributed by atoms with Crippen LogP contribution in [0, 0.1) is 6.92 Å². The van der Waals surface area contributed by atoms with Gasteiger partial charge in [-0.2, -0.15) is 5.10 Å². The molecule has 2 heterocycles. The summed E-state index contributed by atoms with van der Waals surface area (Å²) in [6, 6.07) is 12.2. The minimum Gasteiger partial charge on any atom is -0.348 e. The largest absolute Gasteiger partial charge is 0.348 e. The van der Waals surface area contributed by atoms with Gasteiger partial charge in [0.05, 0.1) is 6.04 Å². The van der Waals surface area contributed by atoms with Gasteiger partial charge in [0.2, 0.25) is 5.91 Å². The molecule has 2 unspecified atom stereocenters. The van der Waals surface area contributed by atoms with E-state index in [-0.39, 0.29) is 17.6 Å². The molecule has 0 bridgehead atoms. The first-order chi connectivity index (χ1) is 12.9. The fraction of sp³-hybridized carbons (Fsp3) is 0.300. The van der Waals surface area contributed by atoms with Crippen molar-refractivity contribution in [3.8, 4) is 5.69 Å². The van der Waals surface area contributed by atoms with E-state index in [0.29, 0.717) is 5.69 Å². The maximum Gasteiger partial charge on any atom is 0.282 e. The summed E-state index contributed by atoms with van der Waals surface area (Å²) in [6.07, 6.45) is 1.27. The molecule has 27 heavy (non-hydrogen) atoms. The summed E-state index contributed by atoms with van der Waals surface area (Å²) in [7, 11) is 0. The smallest absolute Gasteiger partial charge is 0.282 e. The summed E-state index contributed by atoms with van der Waals surface area (Å²) in [5.41, 5.74) is 2.19. The molecule has 0 radical (unpaired) electrons. The summed E-state index contributed by atoms with van der Waals surface area (Å²) in [6.45, 7) is 5.19. The van der Waals surface area contributed by atoms with Crippen molar-refractivity contribution in [1.29, 1.82) is 0 Å². The third-order valence-corrected chi connectivity index (χ3v) is 4.57. The number of amides is 1. The van der Waals surface area contributed by atoms with Gasteiger partial charge in [0, 0.05) is 23.8 Å². The van der Waals surface area contributed by atoms with Crippen molar-refractivity contribution >= 4 is 5.91 Å². The first kappa shape index (κ1) is 18.8. The maximum absolute atomic E-state index is 12.8. The van der Waals surface area contributed by atoms with E-state index < -0.39 is 12.5 Å². The van der Waals surface area contributed by atoms with Crippen molar-refractivity contribution in [1.82, 2.24) is 19.7 Å². The van der Waals surface area contributed by atoms with Crippen LogP contribution in [-0.4, -0.2) is 20.3 Å². The van der Waals surface area contributed by atoms with Gasteiger partial charge in [0.25, 0.3) is 6.43 Å². The van der Waals surface area contributed by atoms with Crippen molar-refractivity contribution in [2.75, 3.05) is 0 Å². The van der Waals surface area contributed by atoms with Gasteiger partial charge in [-0.25, -0.2) is 8.78 Å². The molecule has 0 spiro atoms. The number of nitrogens with one attached hydrogen (secondary N) is 1. The SMILES string of the molecule is Cc1cc(C(F)F)nn1C(C)C(=O)NC(C)c1ccc(-n2cccc2)cc1. The predicted octanol–water partition coefficient (Wildman–Crippen LogP) is 4.36. The second-order valence-corrected chi connectivity index (χ2v) is 6.54. The van der Waals surface area contributed by atoms with E-state index in [9.17, 15) is 13.6 Å². The average Bonchev–Trinajstić information content (AvgIpc) is 3.31. The van der Waals surface area contributed by atoms with Crippen molar-refractivity contribution in [3.05, 3.63) is 71.8 Å². The Balaban J connectivity index is 1.68. The van der Waals surface area contributed by atoms with Gasteiger partial charge in [-0.15, -0.1) is 0 Å². The summed E-state index contributed by atoms with van der Waals surface area (Å²) in [4.78, 5) is 12.5. The second kappa shape index (κ2) is 7.73. The van der Waals surface area contributed by atoms with Gasteiger partial charge in [-0.3, -0.25) is 9.48 Å². The predicted molar refractivity (Wildman–Crippen MR) is 99.0 cm³/mol. The molecule has 1 N–H and O–H groups in total. The van der Waals surface area contributed by atoms with Crippen LogP contribution in [0.3, 0.4) is 0 Å². The van der Waals surface area contributed by atoms with E-state index in [1.807, 2.05) is 60.3 Å². The number of carbonyl (C=O) groups excluding carboxylic acids is 1. The molecule has 5 nitrogen and oxygen atoms in total. The normalized spacial score (nSPS) is 13.6. The maximum atomic E-state index is 12.8. The van der Waals surface area contributed by atoms with Crippen LogP contribution < -0.4 is 5.32 Å². The van der Waals surface area contributed by atoms with E-state index in [0.717, 1.165) is 11.3 Å². The molecule has 2 aromatic heterocycles. The van der Waals surface area contributed by atoms with E-state index >= 15 is 0 Å². The topological polar surface area (TPSA) is 51.9 Å². The number of aromatic nitrogens is 3. The number of halogens is 2. The van der Waals surface area contributed by atoms with Crippen molar-refractivity contribution in [3.63, 3.8) is 0 Å². The standard InChI is InChI=1S/C20H22F2N4O/c1-13-12-18(19(21)22)24-26(13)15(3)20(27)23-14(2)16-6-8-17(9-7-16)25-10-4-5-11-25/h4-12,14-15,19H,1-3H3,(H,23,27). The summed E-state index contributed by atoms with van der Waals surface area (Å²) < 4.78 is 29.0. The molecule has 7 heteroatoms. The van der Waals surface area contributed by atoms with Crippen LogP contribution in [0.1, 0.15) is 49.3 Å². The van der Waals surface area contributed by atoms with Crippen LogP contribution >= 0.6 is 0 Å². The Bertz CT molecular complexity index is 901. The fourth-order valence-electron chi connectivity index (χ4n) is 2.98. The zero-order valence-electron chi connectivity index (χ0n) is 15.4. The van der Waals surface area contributed by atoms with E-state index in [2.05, 4.69) is 10.4 Å². The lowest BCUT2D eigenvalue weighted by Gasteiger charge is -2.19. The number of benzene rings is 1. The zero-order valence-corrected chi connectivity index (χ0v) is 15.4. The van der Waals surface area contributed by atoms with E-state index in [4.69, 9.17) is 0 Å². The molecule has 3 rings (SSSR count). The minimum absolute atomic E-state index is 0.218. The van der Waals surface area contributed by atoms with Gasteiger partial charge < -0.3 is 9.88 Å². The Morgan fingerprint density at radius 2 is 1.74 bits per heavy atom. The van der Waals surface area contributed by atoms with Crippen LogP contribution in [0.2, 0.25) is 0 Å². The fourth-order valence-corrected chi connectivity index (χ4v) is 2.98. The number of hydrogen-bond donors (Lipinski definition) is 1. The Hall–Kier alpha value is -2.96. The molecule has 142 valence electrons. The van der Waals surface area contributed by atoms with Crippen molar-refractivity contribution in [2.24, 2.45) is 0 Å². The summed E-state index contributed by atoms with van der Waals surface area (Å²) in [5.74, 6) is -0.274. The molecule has 1 amide bonds. The highest BCUT2D eigenvalue weighted by Gasteiger charge is 2.22. The lowest BCUT2D eigenvalue weighted by atomic mass is 10.1. The van der Waals surface area contributed by atoms with E-state index in [1.54, 1.807) is 13.8 Å². The van der Waals surface area contributed by atoms with Gasteiger partial charge in [0.1, 0.15) is 11.7 Å². The lowest BCUT2D eigenvalue weighted by Crippen LogP contribution is -2.33. The van der Waals surface area contributed by atoms with Gasteiger partial charge in [-0.1, -0.05) is 12.1 Å². The minimum atomic E-state index is -2.65. The molecule has 1 aromatic carbocycles. The number of hydrogen-bond acceptors (Lipinski definition) is 2. The molecule has 0 aliphatic rings. The second-order valence-electron chi connectivity index (χ2n) is 6.54. The molecular formula is C20H22F2N4O. The quantitative estimate of drug-likeness (QED) is 0.699. The average molecular weight is 372 g/mol. The van der Waals surface area contributed by atoms with Crippen LogP contribution in [0.4, 0.5) is 8.78 Å². The third-order valence-electron chi connectivity index (χ3n) is 4.57. The van der Waals surface area contributed by atoms with Crippen LogP contribution in [0.5, 0.6) is 0 Å². The molecule has 3 aromatic rings. The number of rotatable bonds is 6. The Kier molecular flexibility index (Phi) is 5.39. The van der Waals surface area contributed by atoms with Gasteiger partial charge >= 0.3 is 0 Å². The first-order valence-corrected chi connectivity index (χ1v) is 8.74. The van der Waals surface area contributed by atoms with Crippen molar-refractivity contribution in [2.45, 2.75) is 39.3 Å². The van der Waals surface area contributed by atoms with Crippen molar-refractivity contribution < 1.29 is 13.6 Å². The highest BCUT2D eigenvalue weighted by molar-refractivity contribution is 5.80. The zero-order chi connectivity index (χ0) is 19.6. The molecule has 0 saturated heterocycles. The van der Waals surface area contributed by atoms with Crippen LogP contribution in [0.25, 0.3) is 5.69 Å². The Morgan fingerprint density at radius 3 is 2.30 bits per heavy atom. The summed E-state index contributed by atoms with van der Waals surface area (Å²) >= 11 is 0. The molecule has 0 saturated carbocycles. The highest BCUT2D eigenvalue weighted by Crippen LogP contribution is 2.21. The number of nitrogens with zero attached hydrogens (tertiary/aromatic N) is 3. The van der Waals surface area contributed by atoms with Crippen LogP contribution in [-0.2, 0) is 4.79 Å². The monoisotopic (exact) mass is 372 g/mol. The molecule has 0 aliphatic carbocycles. The van der Waals surface area contributed by atoms with Crippen LogP contribution in [0.15, 0.2) is 54.9 Å². The number of aryl methyl sites for hydroxylation is 1. The Labute approximate surface area is 156 Å². The molecule has 0 fully saturated rings. The lowest BCUT2D eigenvalue weighted by molar-refractivity contribution is -0.124. The number of carbonyl (C=O) groups is 1. The summed E-state index contributed by atoms with van der Waals surface area (Å²) in [5, 5.41) is 6.77. The Morgan fingerprint density at radius 1 is 1.11 bits per heavy atom. The molecule has 2 atom stereocenters. The number of alkyl halides is 2. The molecular weight excluding hydrogens is 350 g/mol. The van der Waals surface area contributed by atoms with Gasteiger partial charge in [-0.05, 0) is 56.7 Å². The highest BCUT2D eigenvalue weighted by atomic mass is 19.3. The molecule has 0 aliphatic heterocycles. The first-order valence-electron chi connectivity index (χ1n) is 8.74. The third kappa shape index (κ3) is 4.07.